The molecule has 0 aliphatic rings. The number of nitro groups is 1. The Morgan fingerprint density at radius 3 is 2.44 bits per heavy atom. The first-order valence-electron chi connectivity index (χ1n) is 7.45. The predicted octanol–water partition coefficient (Wildman–Crippen LogP) is 3.18. The molecule has 8 heteroatoms. The van der Waals surface area contributed by atoms with Crippen LogP contribution in [0.3, 0.4) is 0 Å². The Labute approximate surface area is 149 Å². The molecule has 2 aromatic rings. The smallest absolute Gasteiger partial charge is 0.270 e. The average Bonchev–Trinajstić information content (AvgIpc) is 2.56. The number of halogens is 1. The summed E-state index contributed by atoms with van der Waals surface area (Å²) >= 11 is 5.93. The van der Waals surface area contributed by atoms with Crippen LogP contribution < -0.4 is 10.6 Å². The predicted molar refractivity (Wildman–Crippen MR) is 94.9 cm³/mol. The van der Waals surface area contributed by atoms with Gasteiger partial charge in [0.05, 0.1) is 15.5 Å². The Morgan fingerprint density at radius 2 is 1.84 bits per heavy atom. The fourth-order valence-corrected chi connectivity index (χ4v) is 2.38. The van der Waals surface area contributed by atoms with Gasteiger partial charge in [0.1, 0.15) is 0 Å². The standard InChI is InChI=1S/C17H16ClN3O4/c1-11(22)20-13-4-2-12(3-5-13)8-9-19-17(23)15-10-14(21(24)25)6-7-16(15)18/h2-7,10H,8-9H2,1H3,(H,19,23)(H,20,22). The van der Waals surface area contributed by atoms with E-state index in [1.807, 2.05) is 12.1 Å². The lowest BCUT2D eigenvalue weighted by Gasteiger charge is -2.08. The van der Waals surface area contributed by atoms with E-state index in [1.54, 1.807) is 12.1 Å². The number of nitro benzene ring substituents is 1. The van der Waals surface area contributed by atoms with E-state index in [0.717, 1.165) is 11.6 Å². The highest BCUT2D eigenvalue weighted by Gasteiger charge is 2.15. The third-order valence-corrected chi connectivity index (χ3v) is 3.71. The van der Waals surface area contributed by atoms with E-state index < -0.39 is 10.8 Å². The molecule has 2 rings (SSSR count). The van der Waals surface area contributed by atoms with E-state index in [9.17, 15) is 19.7 Å². The number of nitrogens with one attached hydrogen (secondary N) is 2. The van der Waals surface area contributed by atoms with Crippen LogP contribution in [0.5, 0.6) is 0 Å². The van der Waals surface area contributed by atoms with Gasteiger partial charge in [0, 0.05) is 31.3 Å². The minimum absolute atomic E-state index is 0.0665. The lowest BCUT2D eigenvalue weighted by molar-refractivity contribution is -0.384. The molecule has 0 saturated heterocycles. The molecule has 0 saturated carbocycles. The summed E-state index contributed by atoms with van der Waals surface area (Å²) < 4.78 is 0. The van der Waals surface area contributed by atoms with Gasteiger partial charge >= 0.3 is 0 Å². The lowest BCUT2D eigenvalue weighted by atomic mass is 10.1. The SMILES string of the molecule is CC(=O)Nc1ccc(CCNC(=O)c2cc([N+](=O)[O-])ccc2Cl)cc1. The van der Waals surface area contributed by atoms with Gasteiger partial charge in [0.25, 0.3) is 11.6 Å². The van der Waals surface area contributed by atoms with E-state index in [-0.39, 0.29) is 22.2 Å². The number of rotatable bonds is 6. The fraction of sp³-hybridized carbons (Fsp3) is 0.176. The summed E-state index contributed by atoms with van der Waals surface area (Å²) in [5, 5.41) is 16.3. The molecule has 0 aliphatic carbocycles. The second kappa shape index (κ2) is 8.25. The van der Waals surface area contributed by atoms with Crippen molar-refractivity contribution in [1.29, 1.82) is 0 Å². The molecule has 0 aromatic heterocycles. The van der Waals surface area contributed by atoms with Gasteiger partial charge < -0.3 is 10.6 Å². The number of non-ortho nitro benzene ring substituents is 1. The fourth-order valence-electron chi connectivity index (χ4n) is 2.17. The highest BCUT2D eigenvalue weighted by molar-refractivity contribution is 6.33. The average molecular weight is 362 g/mol. The van der Waals surface area contributed by atoms with E-state index in [2.05, 4.69) is 10.6 Å². The van der Waals surface area contributed by atoms with Crippen LogP contribution in [0.4, 0.5) is 11.4 Å². The number of carbonyl (C=O) groups is 2. The molecule has 7 nitrogen and oxygen atoms in total. The van der Waals surface area contributed by atoms with Gasteiger partial charge in [0.2, 0.25) is 5.91 Å². The maximum Gasteiger partial charge on any atom is 0.270 e. The Morgan fingerprint density at radius 1 is 1.16 bits per heavy atom. The first-order valence-corrected chi connectivity index (χ1v) is 7.83. The summed E-state index contributed by atoms with van der Waals surface area (Å²) in [6.07, 6.45) is 0.568. The van der Waals surface area contributed by atoms with Crippen molar-refractivity contribution >= 4 is 34.8 Å². The Balaban J connectivity index is 1.93. The number of hydrogen-bond acceptors (Lipinski definition) is 4. The normalized spacial score (nSPS) is 10.2. The molecule has 25 heavy (non-hydrogen) atoms. The summed E-state index contributed by atoms with van der Waals surface area (Å²) in [6.45, 7) is 1.78. The number of carbonyl (C=O) groups excluding carboxylic acids is 2. The Hall–Kier alpha value is -2.93. The molecular formula is C17H16ClN3O4. The van der Waals surface area contributed by atoms with Gasteiger partial charge in [-0.25, -0.2) is 0 Å². The van der Waals surface area contributed by atoms with Crippen molar-refractivity contribution in [3.05, 3.63) is 68.7 Å². The van der Waals surface area contributed by atoms with Gasteiger partial charge in [0.15, 0.2) is 0 Å². The second-order valence-corrected chi connectivity index (χ2v) is 5.71. The summed E-state index contributed by atoms with van der Waals surface area (Å²) in [6, 6.07) is 11.0. The zero-order chi connectivity index (χ0) is 18.4. The topological polar surface area (TPSA) is 101 Å². The first-order chi connectivity index (χ1) is 11.9. The largest absolute Gasteiger partial charge is 0.352 e. The molecule has 130 valence electrons. The third kappa shape index (κ3) is 5.29. The van der Waals surface area contributed by atoms with Crippen LogP contribution in [0.1, 0.15) is 22.8 Å². The summed E-state index contributed by atoms with van der Waals surface area (Å²) in [7, 11) is 0. The molecule has 2 aromatic carbocycles. The number of nitrogens with zero attached hydrogens (tertiary/aromatic N) is 1. The van der Waals surface area contributed by atoms with Crippen molar-refractivity contribution < 1.29 is 14.5 Å². The monoisotopic (exact) mass is 361 g/mol. The van der Waals surface area contributed by atoms with E-state index in [1.165, 1.54) is 19.1 Å². The van der Waals surface area contributed by atoms with Crippen molar-refractivity contribution in [2.24, 2.45) is 0 Å². The Bertz CT molecular complexity index is 806. The summed E-state index contributed by atoms with van der Waals surface area (Å²) in [5.41, 5.74) is 1.54. The van der Waals surface area contributed by atoms with Crippen LogP contribution in [-0.4, -0.2) is 23.3 Å². The first kappa shape index (κ1) is 18.4. The van der Waals surface area contributed by atoms with Gasteiger partial charge in [-0.2, -0.15) is 0 Å². The number of hydrogen-bond donors (Lipinski definition) is 2. The highest BCUT2D eigenvalue weighted by atomic mass is 35.5. The summed E-state index contributed by atoms with van der Waals surface area (Å²) in [4.78, 5) is 33.3. The van der Waals surface area contributed by atoms with E-state index in [4.69, 9.17) is 11.6 Å². The van der Waals surface area contributed by atoms with Crippen molar-refractivity contribution in [2.45, 2.75) is 13.3 Å². The minimum Gasteiger partial charge on any atom is -0.352 e. The minimum atomic E-state index is -0.580. The molecule has 0 atom stereocenters. The molecule has 0 bridgehead atoms. The highest BCUT2D eigenvalue weighted by Crippen LogP contribution is 2.21. The van der Waals surface area contributed by atoms with Crippen LogP contribution in [0.2, 0.25) is 5.02 Å². The number of anilines is 1. The third-order valence-electron chi connectivity index (χ3n) is 3.38. The molecule has 2 N–H and O–H groups in total. The van der Waals surface area contributed by atoms with Crippen LogP contribution in [0.25, 0.3) is 0 Å². The summed E-state index contributed by atoms with van der Waals surface area (Å²) in [5.74, 6) is -0.614. The van der Waals surface area contributed by atoms with Crippen molar-refractivity contribution in [3.8, 4) is 0 Å². The quantitative estimate of drug-likeness (QED) is 0.609. The lowest BCUT2D eigenvalue weighted by Crippen LogP contribution is -2.26. The van der Waals surface area contributed by atoms with Crippen LogP contribution >= 0.6 is 11.6 Å². The van der Waals surface area contributed by atoms with Gasteiger partial charge in [-0.1, -0.05) is 23.7 Å². The molecular weight excluding hydrogens is 346 g/mol. The van der Waals surface area contributed by atoms with Crippen molar-refractivity contribution in [2.75, 3.05) is 11.9 Å². The van der Waals surface area contributed by atoms with Gasteiger partial charge in [-0.15, -0.1) is 0 Å². The van der Waals surface area contributed by atoms with E-state index >= 15 is 0 Å². The zero-order valence-corrected chi connectivity index (χ0v) is 14.2. The number of amides is 2. The molecule has 0 radical (unpaired) electrons. The van der Waals surface area contributed by atoms with Crippen molar-refractivity contribution in [1.82, 2.24) is 5.32 Å². The molecule has 0 unspecified atom stereocenters. The van der Waals surface area contributed by atoms with E-state index in [0.29, 0.717) is 18.7 Å². The van der Waals surface area contributed by atoms with Crippen LogP contribution in [-0.2, 0) is 11.2 Å². The van der Waals surface area contributed by atoms with Crippen LogP contribution in [0, 0.1) is 10.1 Å². The molecule has 0 spiro atoms. The van der Waals surface area contributed by atoms with Crippen LogP contribution in [0.15, 0.2) is 42.5 Å². The molecule has 0 aliphatic heterocycles. The van der Waals surface area contributed by atoms with Gasteiger partial charge in [-0.3, -0.25) is 19.7 Å². The molecule has 2 amide bonds. The Kier molecular flexibility index (Phi) is 6.08. The second-order valence-electron chi connectivity index (χ2n) is 5.31. The maximum atomic E-state index is 12.1. The van der Waals surface area contributed by atoms with Gasteiger partial charge in [-0.05, 0) is 30.2 Å². The molecule has 0 fully saturated rings. The zero-order valence-electron chi connectivity index (χ0n) is 13.4. The van der Waals surface area contributed by atoms with Crippen molar-refractivity contribution in [3.63, 3.8) is 0 Å². The molecule has 0 heterocycles. The number of benzene rings is 2. The maximum absolute atomic E-state index is 12.1.